The number of amides is 1. The van der Waals surface area contributed by atoms with Crippen LogP contribution in [-0.2, 0) is 4.79 Å². The Labute approximate surface area is 166 Å². The van der Waals surface area contributed by atoms with Gasteiger partial charge in [-0.15, -0.1) is 0 Å². The average molecular weight is 396 g/mol. The maximum Gasteiger partial charge on any atom is 0.295 e. The van der Waals surface area contributed by atoms with Gasteiger partial charge in [-0.25, -0.2) is 4.39 Å². The summed E-state index contributed by atoms with van der Waals surface area (Å²) in [5.41, 5.74) is 1.98. The van der Waals surface area contributed by atoms with Gasteiger partial charge in [-0.05, 0) is 36.4 Å². The number of nitrogens with one attached hydrogen (secondary N) is 2. The minimum atomic E-state index is -0.693. The van der Waals surface area contributed by atoms with E-state index in [4.69, 9.17) is 0 Å². The van der Waals surface area contributed by atoms with Crippen molar-refractivity contribution in [3.8, 4) is 0 Å². The van der Waals surface area contributed by atoms with E-state index in [-0.39, 0.29) is 17.3 Å². The lowest BCUT2D eigenvalue weighted by Crippen LogP contribution is -2.35. The third-order valence-electron chi connectivity index (χ3n) is 5.33. The second kappa shape index (κ2) is 7.54. The van der Waals surface area contributed by atoms with Crippen molar-refractivity contribution in [1.29, 1.82) is 0 Å². The van der Waals surface area contributed by atoms with Gasteiger partial charge in [0.2, 0.25) is 5.91 Å². The fourth-order valence-corrected chi connectivity index (χ4v) is 4.00. The lowest BCUT2D eigenvalue weighted by molar-refractivity contribution is -0.384. The number of aromatic amines is 1. The molecular formula is C21H21FN4O3. The second-order valence-corrected chi connectivity index (χ2v) is 7.36. The smallest absolute Gasteiger partial charge is 0.295 e. The molecule has 2 aromatic carbocycles. The number of rotatable bonds is 4. The van der Waals surface area contributed by atoms with E-state index in [0.717, 1.165) is 35.5 Å². The number of para-hydroxylation sites is 1. The normalized spacial score (nSPS) is 16.8. The number of nitro benzene ring substituents is 1. The Bertz CT molecular complexity index is 1060. The number of carbonyl (C=O) groups excluding carboxylic acids is 1. The minimum absolute atomic E-state index is 0.00614. The van der Waals surface area contributed by atoms with Crippen molar-refractivity contribution in [2.45, 2.75) is 25.7 Å². The first kappa shape index (κ1) is 18.9. The molecule has 0 saturated carbocycles. The average Bonchev–Trinajstić information content (AvgIpc) is 3.13. The number of aromatic nitrogens is 1. The summed E-state index contributed by atoms with van der Waals surface area (Å²) in [5, 5.41) is 14.8. The van der Waals surface area contributed by atoms with Gasteiger partial charge in [-0.3, -0.25) is 14.9 Å². The molecule has 3 aromatic rings. The topological polar surface area (TPSA) is 91.3 Å². The first-order valence-electron chi connectivity index (χ1n) is 9.50. The molecule has 2 heterocycles. The number of H-pyrrole nitrogens is 1. The monoisotopic (exact) mass is 396 g/mol. The van der Waals surface area contributed by atoms with Crippen molar-refractivity contribution in [3.05, 3.63) is 64.1 Å². The quantitative estimate of drug-likeness (QED) is 0.500. The van der Waals surface area contributed by atoms with Gasteiger partial charge in [-0.1, -0.05) is 18.2 Å². The van der Waals surface area contributed by atoms with Crippen LogP contribution in [0.3, 0.4) is 0 Å². The van der Waals surface area contributed by atoms with E-state index in [0.29, 0.717) is 13.1 Å². The summed E-state index contributed by atoms with van der Waals surface area (Å²) in [7, 11) is 0. The van der Waals surface area contributed by atoms with Crippen molar-refractivity contribution < 1.29 is 14.1 Å². The Hall–Kier alpha value is -3.42. The molecule has 1 amide bonds. The number of fused-ring (bicyclic) bond motifs is 1. The highest BCUT2D eigenvalue weighted by molar-refractivity contribution is 5.92. The van der Waals surface area contributed by atoms with Crippen LogP contribution < -0.4 is 10.2 Å². The van der Waals surface area contributed by atoms with Crippen LogP contribution in [0.4, 0.5) is 21.5 Å². The number of piperidine rings is 1. The van der Waals surface area contributed by atoms with E-state index in [9.17, 15) is 19.3 Å². The van der Waals surface area contributed by atoms with Crippen LogP contribution >= 0.6 is 0 Å². The Kier molecular flexibility index (Phi) is 4.92. The van der Waals surface area contributed by atoms with Crippen LogP contribution in [-0.4, -0.2) is 28.9 Å². The third-order valence-corrected chi connectivity index (χ3v) is 5.33. The number of halogens is 1. The summed E-state index contributed by atoms with van der Waals surface area (Å²) in [6.45, 7) is 2.49. The van der Waals surface area contributed by atoms with Crippen LogP contribution in [0.25, 0.3) is 10.9 Å². The predicted octanol–water partition coefficient (Wildman–Crippen LogP) is 4.56. The number of hydrogen-bond acceptors (Lipinski definition) is 4. The summed E-state index contributed by atoms with van der Waals surface area (Å²) in [6, 6.07) is 12.4. The number of benzene rings is 2. The molecule has 2 N–H and O–H groups in total. The first-order valence-corrected chi connectivity index (χ1v) is 9.50. The summed E-state index contributed by atoms with van der Waals surface area (Å²) in [6.07, 6.45) is 1.84. The number of anilines is 2. The van der Waals surface area contributed by atoms with Crippen molar-refractivity contribution in [2.24, 2.45) is 0 Å². The highest BCUT2D eigenvalue weighted by Crippen LogP contribution is 2.36. The molecule has 1 aromatic heterocycles. The largest absolute Gasteiger partial charge is 0.368 e. The zero-order chi connectivity index (χ0) is 20.5. The predicted molar refractivity (Wildman–Crippen MR) is 110 cm³/mol. The summed E-state index contributed by atoms with van der Waals surface area (Å²) in [5.74, 6) is -0.918. The molecule has 1 aliphatic heterocycles. The molecule has 0 aliphatic carbocycles. The SMILES string of the molecule is CC(=O)Nc1cc(N2CCC[C@@H](c3cc4ccccc4[nH]3)C2)c(F)cc1[N+](=O)[O-]. The standard InChI is InChI=1S/C21H21FN4O3/c1-13(27)23-19-11-20(16(22)10-21(19)26(28)29)25-8-4-6-15(12-25)18-9-14-5-2-3-7-17(14)24-18/h2-3,5,7,9-11,15,24H,4,6,8,12H2,1H3,(H,23,27)/t15-/m1/s1. The molecule has 1 atom stereocenters. The van der Waals surface area contributed by atoms with Crippen LogP contribution in [0.1, 0.15) is 31.4 Å². The second-order valence-electron chi connectivity index (χ2n) is 7.36. The zero-order valence-corrected chi connectivity index (χ0v) is 15.9. The van der Waals surface area contributed by atoms with Gasteiger partial charge in [0.05, 0.1) is 16.7 Å². The van der Waals surface area contributed by atoms with Gasteiger partial charge < -0.3 is 15.2 Å². The first-order chi connectivity index (χ1) is 13.9. The van der Waals surface area contributed by atoms with Crippen molar-refractivity contribution >= 4 is 33.9 Å². The maximum atomic E-state index is 14.7. The Balaban J connectivity index is 1.65. The molecule has 0 spiro atoms. The molecule has 8 heteroatoms. The van der Waals surface area contributed by atoms with Gasteiger partial charge >= 0.3 is 0 Å². The Morgan fingerprint density at radius 2 is 2.10 bits per heavy atom. The number of nitro groups is 1. The summed E-state index contributed by atoms with van der Waals surface area (Å²) < 4.78 is 14.7. The lowest BCUT2D eigenvalue weighted by atomic mass is 9.94. The number of nitrogens with zero attached hydrogens (tertiary/aromatic N) is 2. The van der Waals surface area contributed by atoms with E-state index in [2.05, 4.69) is 16.4 Å². The highest BCUT2D eigenvalue weighted by atomic mass is 19.1. The molecule has 1 aliphatic rings. The van der Waals surface area contributed by atoms with E-state index in [1.807, 2.05) is 29.2 Å². The van der Waals surface area contributed by atoms with E-state index >= 15 is 0 Å². The summed E-state index contributed by atoms with van der Waals surface area (Å²) >= 11 is 0. The number of hydrogen-bond donors (Lipinski definition) is 2. The van der Waals surface area contributed by atoms with Crippen molar-refractivity contribution in [1.82, 2.24) is 4.98 Å². The van der Waals surface area contributed by atoms with E-state index in [1.54, 1.807) is 0 Å². The van der Waals surface area contributed by atoms with E-state index < -0.39 is 22.3 Å². The van der Waals surface area contributed by atoms with Gasteiger partial charge in [0.25, 0.3) is 5.69 Å². The molecular weight excluding hydrogens is 375 g/mol. The fraction of sp³-hybridized carbons (Fsp3) is 0.286. The van der Waals surface area contributed by atoms with E-state index in [1.165, 1.54) is 13.0 Å². The molecule has 1 fully saturated rings. The molecule has 0 bridgehead atoms. The van der Waals surface area contributed by atoms with Gasteiger partial charge in [0.15, 0.2) is 5.82 Å². The molecule has 150 valence electrons. The van der Waals surface area contributed by atoms with Crippen LogP contribution in [0, 0.1) is 15.9 Å². The van der Waals surface area contributed by atoms with Gasteiger partial charge in [-0.2, -0.15) is 0 Å². The molecule has 4 rings (SSSR count). The molecule has 1 saturated heterocycles. The van der Waals surface area contributed by atoms with Gasteiger partial charge in [0.1, 0.15) is 5.69 Å². The van der Waals surface area contributed by atoms with Crippen LogP contribution in [0.2, 0.25) is 0 Å². The third kappa shape index (κ3) is 3.78. The van der Waals surface area contributed by atoms with Crippen LogP contribution in [0.5, 0.6) is 0 Å². The number of carbonyl (C=O) groups is 1. The van der Waals surface area contributed by atoms with Crippen LogP contribution in [0.15, 0.2) is 42.5 Å². The molecule has 0 unspecified atom stereocenters. The lowest BCUT2D eigenvalue weighted by Gasteiger charge is -2.34. The summed E-state index contributed by atoms with van der Waals surface area (Å²) in [4.78, 5) is 27.3. The maximum absolute atomic E-state index is 14.7. The molecule has 29 heavy (non-hydrogen) atoms. The minimum Gasteiger partial charge on any atom is -0.368 e. The Morgan fingerprint density at radius 3 is 2.83 bits per heavy atom. The highest BCUT2D eigenvalue weighted by Gasteiger charge is 2.27. The Morgan fingerprint density at radius 1 is 1.31 bits per heavy atom. The zero-order valence-electron chi connectivity index (χ0n) is 15.9. The van der Waals surface area contributed by atoms with Gasteiger partial charge in [0, 0.05) is 37.1 Å². The fourth-order valence-electron chi connectivity index (χ4n) is 4.00. The molecule has 0 radical (unpaired) electrons. The van der Waals surface area contributed by atoms with Crippen molar-refractivity contribution in [3.63, 3.8) is 0 Å². The van der Waals surface area contributed by atoms with Crippen molar-refractivity contribution in [2.75, 3.05) is 23.3 Å². The molecule has 7 nitrogen and oxygen atoms in total.